The summed E-state index contributed by atoms with van der Waals surface area (Å²) in [6.07, 6.45) is 4.26. The summed E-state index contributed by atoms with van der Waals surface area (Å²) in [6.45, 7) is 0.747. The van der Waals surface area contributed by atoms with Crippen LogP contribution in [-0.4, -0.2) is 23.0 Å². The summed E-state index contributed by atoms with van der Waals surface area (Å²) in [4.78, 5) is 1.40. The van der Waals surface area contributed by atoms with Crippen LogP contribution in [0.3, 0.4) is 0 Å². The van der Waals surface area contributed by atoms with Gasteiger partial charge in [-0.05, 0) is 43.1 Å². The van der Waals surface area contributed by atoms with Crippen molar-refractivity contribution in [2.75, 3.05) is 12.3 Å². The average Bonchev–Trinajstić information content (AvgIpc) is 2.34. The average molecular weight is 249 g/mol. The van der Waals surface area contributed by atoms with E-state index in [0.717, 1.165) is 25.8 Å². The van der Waals surface area contributed by atoms with Gasteiger partial charge in [0.25, 0.3) is 0 Å². The number of fused-ring (bicyclic) bond motifs is 1. The van der Waals surface area contributed by atoms with Crippen LogP contribution in [0, 0.1) is 0 Å². The van der Waals surface area contributed by atoms with E-state index < -0.39 is 5.60 Å². The molecule has 17 heavy (non-hydrogen) atoms. The Bertz CT molecular complexity index is 403. The topological polar surface area (TPSA) is 32.3 Å². The Labute approximate surface area is 107 Å². The summed E-state index contributed by atoms with van der Waals surface area (Å²) >= 11 is 1.94. The summed E-state index contributed by atoms with van der Waals surface area (Å²) in [5, 5.41) is 13.7. The van der Waals surface area contributed by atoms with Crippen molar-refractivity contribution in [3.63, 3.8) is 0 Å². The van der Waals surface area contributed by atoms with Crippen LogP contribution >= 0.6 is 11.8 Å². The standard InChI is InChI=1S/C14H19NOS/c16-14(7-3-8-14)10-15-12-6-9-17-13-5-2-1-4-11(12)13/h1-2,4-5,12,15-16H,3,6-10H2. The van der Waals surface area contributed by atoms with Gasteiger partial charge >= 0.3 is 0 Å². The Hall–Kier alpha value is -0.510. The van der Waals surface area contributed by atoms with Gasteiger partial charge in [-0.3, -0.25) is 0 Å². The maximum absolute atomic E-state index is 10.1. The van der Waals surface area contributed by atoms with Crippen LogP contribution in [0.4, 0.5) is 0 Å². The third kappa shape index (κ3) is 2.37. The SMILES string of the molecule is OC1(CNC2CCSc3ccccc32)CCC1. The van der Waals surface area contributed by atoms with Crippen LogP contribution in [0.1, 0.15) is 37.3 Å². The predicted octanol–water partition coefficient (Wildman–Crippen LogP) is 2.73. The predicted molar refractivity (Wildman–Crippen MR) is 71.3 cm³/mol. The van der Waals surface area contributed by atoms with E-state index in [2.05, 4.69) is 29.6 Å². The number of aliphatic hydroxyl groups is 1. The summed E-state index contributed by atoms with van der Waals surface area (Å²) in [6, 6.07) is 9.05. The number of thioether (sulfide) groups is 1. The van der Waals surface area contributed by atoms with E-state index in [1.54, 1.807) is 0 Å². The number of hydrogen-bond acceptors (Lipinski definition) is 3. The highest BCUT2D eigenvalue weighted by atomic mass is 32.2. The van der Waals surface area contributed by atoms with Gasteiger partial charge in [-0.1, -0.05) is 18.2 Å². The van der Waals surface area contributed by atoms with Crippen molar-refractivity contribution in [3.8, 4) is 0 Å². The molecule has 1 aliphatic carbocycles. The Balaban J connectivity index is 1.68. The molecule has 2 aliphatic rings. The van der Waals surface area contributed by atoms with Gasteiger partial charge in [0.05, 0.1) is 5.60 Å². The normalized spacial score (nSPS) is 26.1. The van der Waals surface area contributed by atoms with Crippen molar-refractivity contribution in [2.45, 2.75) is 42.2 Å². The first kappa shape index (κ1) is 11.6. The maximum Gasteiger partial charge on any atom is 0.0771 e. The summed E-state index contributed by atoms with van der Waals surface area (Å²) in [5.41, 5.74) is 0.992. The lowest BCUT2D eigenvalue weighted by Gasteiger charge is -2.38. The summed E-state index contributed by atoms with van der Waals surface area (Å²) < 4.78 is 0. The second kappa shape index (κ2) is 4.63. The molecule has 0 bridgehead atoms. The van der Waals surface area contributed by atoms with Gasteiger partial charge in [-0.15, -0.1) is 11.8 Å². The first-order valence-corrected chi connectivity index (χ1v) is 7.43. The molecule has 1 heterocycles. The number of nitrogens with one attached hydrogen (secondary N) is 1. The Morgan fingerprint density at radius 2 is 2.18 bits per heavy atom. The van der Waals surface area contributed by atoms with Gasteiger partial charge in [-0.25, -0.2) is 0 Å². The van der Waals surface area contributed by atoms with E-state index in [0.29, 0.717) is 6.04 Å². The molecule has 1 aliphatic heterocycles. The van der Waals surface area contributed by atoms with Crippen LogP contribution < -0.4 is 5.32 Å². The van der Waals surface area contributed by atoms with Crippen LogP contribution in [0.15, 0.2) is 29.2 Å². The van der Waals surface area contributed by atoms with E-state index >= 15 is 0 Å². The zero-order valence-electron chi connectivity index (χ0n) is 9.98. The molecule has 0 spiro atoms. The van der Waals surface area contributed by atoms with Crippen LogP contribution in [0.25, 0.3) is 0 Å². The largest absolute Gasteiger partial charge is 0.389 e. The van der Waals surface area contributed by atoms with Gasteiger partial charge in [0.2, 0.25) is 0 Å². The van der Waals surface area contributed by atoms with Crippen LogP contribution in [-0.2, 0) is 0 Å². The molecule has 0 amide bonds. The first-order chi connectivity index (χ1) is 8.27. The van der Waals surface area contributed by atoms with E-state index in [1.165, 1.54) is 22.6 Å². The molecule has 1 aromatic rings. The fraction of sp³-hybridized carbons (Fsp3) is 0.571. The molecule has 0 saturated heterocycles. The second-order valence-corrected chi connectivity index (χ2v) is 6.32. The molecule has 1 fully saturated rings. The molecule has 3 heteroatoms. The summed E-state index contributed by atoms with van der Waals surface area (Å²) in [5.74, 6) is 1.17. The highest BCUT2D eigenvalue weighted by molar-refractivity contribution is 7.99. The fourth-order valence-electron chi connectivity index (χ4n) is 2.63. The number of hydrogen-bond donors (Lipinski definition) is 2. The minimum Gasteiger partial charge on any atom is -0.389 e. The van der Waals surface area contributed by atoms with Crippen molar-refractivity contribution in [3.05, 3.63) is 29.8 Å². The minimum absolute atomic E-state index is 0.417. The molecule has 1 aromatic carbocycles. The first-order valence-electron chi connectivity index (χ1n) is 6.44. The molecule has 3 rings (SSSR count). The fourth-order valence-corrected chi connectivity index (χ4v) is 3.75. The van der Waals surface area contributed by atoms with Crippen molar-refractivity contribution < 1.29 is 5.11 Å². The number of rotatable bonds is 3. The second-order valence-electron chi connectivity index (χ2n) is 5.19. The molecule has 1 saturated carbocycles. The van der Waals surface area contributed by atoms with Crippen LogP contribution in [0.2, 0.25) is 0 Å². The van der Waals surface area contributed by atoms with E-state index in [4.69, 9.17) is 0 Å². The van der Waals surface area contributed by atoms with Crippen molar-refractivity contribution in [2.24, 2.45) is 0 Å². The van der Waals surface area contributed by atoms with Gasteiger partial charge in [-0.2, -0.15) is 0 Å². The molecule has 92 valence electrons. The molecule has 0 radical (unpaired) electrons. The van der Waals surface area contributed by atoms with E-state index in [-0.39, 0.29) is 0 Å². The Kier molecular flexibility index (Phi) is 3.16. The molecular weight excluding hydrogens is 230 g/mol. The molecular formula is C14H19NOS. The van der Waals surface area contributed by atoms with Crippen molar-refractivity contribution in [1.29, 1.82) is 0 Å². The molecule has 1 atom stereocenters. The van der Waals surface area contributed by atoms with E-state index in [9.17, 15) is 5.11 Å². The smallest absolute Gasteiger partial charge is 0.0771 e. The third-order valence-electron chi connectivity index (χ3n) is 3.92. The lowest BCUT2D eigenvalue weighted by molar-refractivity contribution is -0.0334. The lowest BCUT2D eigenvalue weighted by atomic mass is 9.80. The van der Waals surface area contributed by atoms with Crippen LogP contribution in [0.5, 0.6) is 0 Å². The van der Waals surface area contributed by atoms with Crippen molar-refractivity contribution >= 4 is 11.8 Å². The minimum atomic E-state index is -0.417. The number of benzene rings is 1. The Morgan fingerprint density at radius 3 is 2.94 bits per heavy atom. The van der Waals surface area contributed by atoms with Gasteiger partial charge < -0.3 is 10.4 Å². The van der Waals surface area contributed by atoms with E-state index in [1.807, 2.05) is 11.8 Å². The highest BCUT2D eigenvalue weighted by Crippen LogP contribution is 2.37. The third-order valence-corrected chi connectivity index (χ3v) is 5.04. The maximum atomic E-state index is 10.1. The lowest BCUT2D eigenvalue weighted by Crippen LogP contribution is -2.47. The zero-order chi connectivity index (χ0) is 11.7. The highest BCUT2D eigenvalue weighted by Gasteiger charge is 2.35. The van der Waals surface area contributed by atoms with Gasteiger partial charge in [0.15, 0.2) is 0 Å². The van der Waals surface area contributed by atoms with Gasteiger partial charge in [0.1, 0.15) is 0 Å². The zero-order valence-corrected chi connectivity index (χ0v) is 10.8. The monoisotopic (exact) mass is 249 g/mol. The van der Waals surface area contributed by atoms with Crippen molar-refractivity contribution in [1.82, 2.24) is 5.32 Å². The quantitative estimate of drug-likeness (QED) is 0.864. The molecule has 2 N–H and O–H groups in total. The van der Waals surface area contributed by atoms with Gasteiger partial charge in [0, 0.05) is 17.5 Å². The Morgan fingerprint density at radius 1 is 1.35 bits per heavy atom. The molecule has 1 unspecified atom stereocenters. The molecule has 2 nitrogen and oxygen atoms in total. The summed E-state index contributed by atoms with van der Waals surface area (Å²) in [7, 11) is 0. The molecule has 0 aromatic heterocycles.